The van der Waals surface area contributed by atoms with Crippen molar-refractivity contribution < 1.29 is 4.79 Å². The third-order valence-electron chi connectivity index (χ3n) is 4.36. The SMILES string of the molecule is CC(C)C[C@H](CN)CC(=O)N[C@@H](C)C1CCCCC1. The van der Waals surface area contributed by atoms with Crippen molar-refractivity contribution in [3.63, 3.8) is 0 Å². The topological polar surface area (TPSA) is 55.1 Å². The quantitative estimate of drug-likeness (QED) is 0.745. The average Bonchev–Trinajstić information content (AvgIpc) is 2.38. The summed E-state index contributed by atoms with van der Waals surface area (Å²) in [6.07, 6.45) is 8.18. The Morgan fingerprint density at radius 3 is 2.37 bits per heavy atom. The number of nitrogens with one attached hydrogen (secondary N) is 1. The van der Waals surface area contributed by atoms with Crippen LogP contribution in [0.5, 0.6) is 0 Å². The van der Waals surface area contributed by atoms with Gasteiger partial charge in [-0.1, -0.05) is 33.1 Å². The molecule has 0 aromatic carbocycles. The molecule has 0 aliphatic heterocycles. The lowest BCUT2D eigenvalue weighted by Crippen LogP contribution is -2.40. The first-order chi connectivity index (χ1) is 9.02. The fraction of sp³-hybridized carbons (Fsp3) is 0.938. The van der Waals surface area contributed by atoms with Gasteiger partial charge in [-0.05, 0) is 50.5 Å². The van der Waals surface area contributed by atoms with Crippen molar-refractivity contribution in [2.75, 3.05) is 6.54 Å². The molecule has 0 unspecified atom stereocenters. The maximum Gasteiger partial charge on any atom is 0.220 e. The van der Waals surface area contributed by atoms with E-state index in [4.69, 9.17) is 5.73 Å². The molecule has 3 N–H and O–H groups in total. The second-order valence-corrected chi connectivity index (χ2v) is 6.69. The van der Waals surface area contributed by atoms with Crippen molar-refractivity contribution in [1.29, 1.82) is 0 Å². The number of hydrogen-bond acceptors (Lipinski definition) is 2. The van der Waals surface area contributed by atoms with Crippen molar-refractivity contribution in [2.24, 2.45) is 23.5 Å². The van der Waals surface area contributed by atoms with Gasteiger partial charge in [0.1, 0.15) is 0 Å². The van der Waals surface area contributed by atoms with E-state index in [0.717, 1.165) is 6.42 Å². The highest BCUT2D eigenvalue weighted by atomic mass is 16.1. The molecule has 0 spiro atoms. The van der Waals surface area contributed by atoms with E-state index in [-0.39, 0.29) is 5.91 Å². The third-order valence-corrected chi connectivity index (χ3v) is 4.36. The standard InChI is InChI=1S/C16H32N2O/c1-12(2)9-14(11-17)10-16(19)18-13(3)15-7-5-4-6-8-15/h12-15H,4-11,17H2,1-3H3,(H,18,19)/t13-,14-/m0/s1. The van der Waals surface area contributed by atoms with Crippen molar-refractivity contribution in [3.8, 4) is 0 Å². The Bertz CT molecular complexity index is 259. The Morgan fingerprint density at radius 2 is 1.84 bits per heavy atom. The van der Waals surface area contributed by atoms with E-state index >= 15 is 0 Å². The fourth-order valence-electron chi connectivity index (χ4n) is 3.26. The third kappa shape index (κ3) is 6.42. The lowest BCUT2D eigenvalue weighted by atomic mass is 9.84. The van der Waals surface area contributed by atoms with Gasteiger partial charge in [0.25, 0.3) is 0 Å². The lowest BCUT2D eigenvalue weighted by Gasteiger charge is -2.28. The smallest absolute Gasteiger partial charge is 0.220 e. The first kappa shape index (κ1) is 16.5. The Morgan fingerprint density at radius 1 is 1.21 bits per heavy atom. The molecule has 3 heteroatoms. The molecule has 1 fully saturated rings. The van der Waals surface area contributed by atoms with Crippen LogP contribution in [0.1, 0.15) is 65.7 Å². The molecule has 0 heterocycles. The molecule has 1 aliphatic carbocycles. The summed E-state index contributed by atoms with van der Waals surface area (Å²) in [5, 5.41) is 3.19. The molecule has 0 aromatic heterocycles. The van der Waals surface area contributed by atoms with E-state index in [2.05, 4.69) is 26.1 Å². The molecule has 1 saturated carbocycles. The van der Waals surface area contributed by atoms with Crippen LogP contribution >= 0.6 is 0 Å². The number of rotatable bonds is 7. The van der Waals surface area contributed by atoms with Crippen LogP contribution in [-0.2, 0) is 4.79 Å². The molecule has 1 rings (SSSR count). The Kier molecular flexibility index (Phi) is 7.44. The molecular formula is C16H32N2O. The summed E-state index contributed by atoms with van der Waals surface area (Å²) in [5.74, 6) is 1.81. The summed E-state index contributed by atoms with van der Waals surface area (Å²) >= 11 is 0. The fourth-order valence-corrected chi connectivity index (χ4v) is 3.26. The molecule has 3 nitrogen and oxygen atoms in total. The summed E-state index contributed by atoms with van der Waals surface area (Å²) in [7, 11) is 0. The van der Waals surface area contributed by atoms with Crippen molar-refractivity contribution >= 4 is 5.91 Å². The molecule has 0 aromatic rings. The minimum absolute atomic E-state index is 0.189. The zero-order chi connectivity index (χ0) is 14.3. The van der Waals surface area contributed by atoms with E-state index in [1.54, 1.807) is 0 Å². The first-order valence-electron chi connectivity index (χ1n) is 8.02. The van der Waals surface area contributed by atoms with Gasteiger partial charge in [0, 0.05) is 12.5 Å². The molecule has 19 heavy (non-hydrogen) atoms. The van der Waals surface area contributed by atoms with Gasteiger partial charge in [-0.15, -0.1) is 0 Å². The first-order valence-corrected chi connectivity index (χ1v) is 8.02. The van der Waals surface area contributed by atoms with Gasteiger partial charge in [0.05, 0.1) is 0 Å². The number of amides is 1. The summed E-state index contributed by atoms with van der Waals surface area (Å²) in [6, 6.07) is 0.324. The van der Waals surface area contributed by atoms with Crippen molar-refractivity contribution in [3.05, 3.63) is 0 Å². The number of carbonyl (C=O) groups excluding carboxylic acids is 1. The van der Waals surface area contributed by atoms with E-state index in [0.29, 0.717) is 36.8 Å². The van der Waals surface area contributed by atoms with Crippen LogP contribution in [0.2, 0.25) is 0 Å². The van der Waals surface area contributed by atoms with Gasteiger partial charge in [-0.2, -0.15) is 0 Å². The van der Waals surface area contributed by atoms with E-state index in [9.17, 15) is 4.79 Å². The minimum Gasteiger partial charge on any atom is -0.353 e. The second-order valence-electron chi connectivity index (χ2n) is 6.69. The lowest BCUT2D eigenvalue weighted by molar-refractivity contribution is -0.123. The van der Waals surface area contributed by atoms with Crippen LogP contribution in [0.25, 0.3) is 0 Å². The maximum absolute atomic E-state index is 12.1. The predicted octanol–water partition coefficient (Wildman–Crippen LogP) is 3.08. The van der Waals surface area contributed by atoms with Gasteiger partial charge >= 0.3 is 0 Å². The van der Waals surface area contributed by atoms with Crippen molar-refractivity contribution in [1.82, 2.24) is 5.32 Å². The van der Waals surface area contributed by atoms with E-state index in [1.807, 2.05) is 0 Å². The van der Waals surface area contributed by atoms with Crippen LogP contribution in [0.3, 0.4) is 0 Å². The molecule has 112 valence electrons. The second kappa shape index (κ2) is 8.57. The van der Waals surface area contributed by atoms with Gasteiger partial charge < -0.3 is 11.1 Å². The number of carbonyl (C=O) groups is 1. The molecule has 1 aliphatic rings. The largest absolute Gasteiger partial charge is 0.353 e. The Balaban J connectivity index is 2.32. The normalized spacial score (nSPS) is 20.3. The molecule has 2 atom stereocenters. The highest BCUT2D eigenvalue weighted by molar-refractivity contribution is 5.76. The monoisotopic (exact) mass is 268 g/mol. The van der Waals surface area contributed by atoms with Gasteiger partial charge in [-0.3, -0.25) is 4.79 Å². The van der Waals surface area contributed by atoms with Crippen LogP contribution in [0.15, 0.2) is 0 Å². The number of hydrogen-bond donors (Lipinski definition) is 2. The highest BCUT2D eigenvalue weighted by Gasteiger charge is 2.22. The Labute approximate surface area is 118 Å². The highest BCUT2D eigenvalue weighted by Crippen LogP contribution is 2.26. The Hall–Kier alpha value is -0.570. The molecule has 0 saturated heterocycles. The van der Waals surface area contributed by atoms with Crippen LogP contribution < -0.4 is 11.1 Å². The van der Waals surface area contributed by atoms with Crippen LogP contribution in [0.4, 0.5) is 0 Å². The summed E-state index contributed by atoms with van der Waals surface area (Å²) < 4.78 is 0. The number of nitrogens with two attached hydrogens (primary N) is 1. The molecule has 0 bridgehead atoms. The predicted molar refractivity (Wildman–Crippen MR) is 80.8 cm³/mol. The molecule has 0 radical (unpaired) electrons. The van der Waals surface area contributed by atoms with Gasteiger partial charge in [0.15, 0.2) is 0 Å². The van der Waals surface area contributed by atoms with Gasteiger partial charge in [-0.25, -0.2) is 0 Å². The van der Waals surface area contributed by atoms with Crippen LogP contribution in [-0.4, -0.2) is 18.5 Å². The van der Waals surface area contributed by atoms with E-state index < -0.39 is 0 Å². The zero-order valence-electron chi connectivity index (χ0n) is 13.0. The minimum atomic E-state index is 0.189. The summed E-state index contributed by atoms with van der Waals surface area (Å²) in [4.78, 5) is 12.1. The van der Waals surface area contributed by atoms with Crippen LogP contribution in [0, 0.1) is 17.8 Å². The average molecular weight is 268 g/mol. The zero-order valence-corrected chi connectivity index (χ0v) is 13.0. The summed E-state index contributed by atoms with van der Waals surface area (Å²) in [5.41, 5.74) is 5.76. The maximum atomic E-state index is 12.1. The van der Waals surface area contributed by atoms with Gasteiger partial charge in [0.2, 0.25) is 5.91 Å². The van der Waals surface area contributed by atoms with Crippen molar-refractivity contribution in [2.45, 2.75) is 71.8 Å². The van der Waals surface area contributed by atoms with E-state index in [1.165, 1.54) is 32.1 Å². The molecular weight excluding hydrogens is 236 g/mol. The summed E-state index contributed by atoms with van der Waals surface area (Å²) in [6.45, 7) is 7.15. The molecule has 1 amide bonds.